The fourth-order valence-corrected chi connectivity index (χ4v) is 4.91. The van der Waals surface area contributed by atoms with E-state index < -0.39 is 0 Å². The molecule has 4 rings (SSSR count). The minimum Gasteiger partial charge on any atom is -0.497 e. The number of nitriles is 1. The molecule has 0 atom stereocenters. The van der Waals surface area contributed by atoms with Crippen molar-refractivity contribution in [2.45, 2.75) is 32.6 Å². The summed E-state index contributed by atoms with van der Waals surface area (Å²) < 4.78 is 10.5. The van der Waals surface area contributed by atoms with Crippen molar-refractivity contribution < 1.29 is 19.1 Å². The maximum atomic E-state index is 13.1. The van der Waals surface area contributed by atoms with Crippen molar-refractivity contribution in [1.82, 2.24) is 9.88 Å². The number of likely N-dealkylation sites (tertiary alicyclic amines) is 1. The van der Waals surface area contributed by atoms with E-state index in [0.29, 0.717) is 51.2 Å². The van der Waals surface area contributed by atoms with E-state index in [-0.39, 0.29) is 23.7 Å². The summed E-state index contributed by atoms with van der Waals surface area (Å²) in [5, 5.41) is 10.6. The van der Waals surface area contributed by atoms with Gasteiger partial charge in [0.15, 0.2) is 0 Å². The second kappa shape index (κ2) is 10.1. The molecule has 2 aromatic rings. The van der Waals surface area contributed by atoms with Crippen LogP contribution in [0, 0.1) is 23.2 Å². The summed E-state index contributed by atoms with van der Waals surface area (Å²) >= 11 is 0. The maximum Gasteiger partial charge on any atom is 0.309 e. The normalized spacial score (nSPS) is 17.6. The molecule has 2 fully saturated rings. The standard InChI is InChI=1S/C25H30N4O4/c1-3-33-25(31)18-8-12-29(13-9-18)24(30)17-6-10-28(11-7-17)23-19(15-26)16-27-22-5-4-20(32-2)14-21(22)23/h4-5,14,16-18H,3,6-13H2,1-2H3. The molecule has 0 unspecified atom stereocenters. The van der Waals surface area contributed by atoms with Crippen LogP contribution in [-0.4, -0.2) is 61.7 Å². The first kappa shape index (κ1) is 22.8. The third kappa shape index (κ3) is 4.72. The van der Waals surface area contributed by atoms with E-state index in [0.717, 1.165) is 35.2 Å². The van der Waals surface area contributed by atoms with Crippen LogP contribution in [0.5, 0.6) is 5.75 Å². The Morgan fingerprint density at radius 2 is 1.82 bits per heavy atom. The van der Waals surface area contributed by atoms with Crippen molar-refractivity contribution in [3.05, 3.63) is 30.0 Å². The minimum absolute atomic E-state index is 0.0337. The number of hydrogen-bond acceptors (Lipinski definition) is 7. The first-order chi connectivity index (χ1) is 16.0. The number of aromatic nitrogens is 1. The van der Waals surface area contributed by atoms with Crippen molar-refractivity contribution >= 4 is 28.5 Å². The number of piperidine rings is 2. The summed E-state index contributed by atoms with van der Waals surface area (Å²) in [6.45, 7) is 4.81. The zero-order valence-electron chi connectivity index (χ0n) is 19.2. The van der Waals surface area contributed by atoms with Crippen LogP contribution >= 0.6 is 0 Å². The van der Waals surface area contributed by atoms with Crippen LogP contribution < -0.4 is 9.64 Å². The summed E-state index contributed by atoms with van der Waals surface area (Å²) in [6, 6.07) is 7.95. The molecule has 0 spiro atoms. The molecule has 0 N–H and O–H groups in total. The zero-order chi connectivity index (χ0) is 23.4. The fraction of sp³-hybridized carbons (Fsp3) is 0.520. The number of pyridine rings is 1. The van der Waals surface area contributed by atoms with Crippen molar-refractivity contribution in [2.75, 3.05) is 44.8 Å². The van der Waals surface area contributed by atoms with Gasteiger partial charge < -0.3 is 19.3 Å². The predicted octanol–water partition coefficient (Wildman–Crippen LogP) is 3.13. The average Bonchev–Trinajstić information content (AvgIpc) is 2.87. The molecule has 174 valence electrons. The van der Waals surface area contributed by atoms with Gasteiger partial charge in [-0.25, -0.2) is 0 Å². The SMILES string of the molecule is CCOC(=O)C1CCN(C(=O)C2CCN(c3c(C#N)cnc4ccc(OC)cc34)CC2)CC1. The molecule has 3 heterocycles. The number of amides is 1. The van der Waals surface area contributed by atoms with Crippen LogP contribution in [0.2, 0.25) is 0 Å². The molecule has 0 aliphatic carbocycles. The van der Waals surface area contributed by atoms with E-state index in [9.17, 15) is 14.9 Å². The topological polar surface area (TPSA) is 95.8 Å². The number of hydrogen-bond donors (Lipinski definition) is 0. The number of fused-ring (bicyclic) bond motifs is 1. The fourth-order valence-electron chi connectivity index (χ4n) is 4.91. The van der Waals surface area contributed by atoms with Gasteiger partial charge in [-0.3, -0.25) is 14.6 Å². The molecule has 2 aliphatic heterocycles. The Balaban J connectivity index is 1.42. The lowest BCUT2D eigenvalue weighted by atomic mass is 9.91. The van der Waals surface area contributed by atoms with E-state index in [2.05, 4.69) is 16.0 Å². The van der Waals surface area contributed by atoms with Crippen LogP contribution in [0.15, 0.2) is 24.4 Å². The van der Waals surface area contributed by atoms with Crippen LogP contribution in [0.1, 0.15) is 38.2 Å². The van der Waals surface area contributed by atoms with Gasteiger partial charge in [0.1, 0.15) is 11.8 Å². The lowest BCUT2D eigenvalue weighted by Crippen LogP contribution is -2.46. The van der Waals surface area contributed by atoms with Crippen LogP contribution in [0.4, 0.5) is 5.69 Å². The molecule has 0 bridgehead atoms. The quantitative estimate of drug-likeness (QED) is 0.646. The van der Waals surface area contributed by atoms with Crippen molar-refractivity contribution in [3.8, 4) is 11.8 Å². The molecule has 1 amide bonds. The van der Waals surface area contributed by atoms with Gasteiger partial charge in [-0.2, -0.15) is 5.26 Å². The van der Waals surface area contributed by atoms with Gasteiger partial charge in [0, 0.05) is 43.7 Å². The minimum atomic E-state index is -0.146. The molecule has 1 aromatic carbocycles. The predicted molar refractivity (Wildman–Crippen MR) is 124 cm³/mol. The molecule has 8 nitrogen and oxygen atoms in total. The van der Waals surface area contributed by atoms with Crippen molar-refractivity contribution in [2.24, 2.45) is 11.8 Å². The van der Waals surface area contributed by atoms with Crippen molar-refractivity contribution in [3.63, 3.8) is 0 Å². The second-order valence-corrected chi connectivity index (χ2v) is 8.63. The molecular formula is C25H30N4O4. The Morgan fingerprint density at radius 1 is 1.12 bits per heavy atom. The maximum absolute atomic E-state index is 13.1. The third-order valence-corrected chi connectivity index (χ3v) is 6.75. The molecule has 33 heavy (non-hydrogen) atoms. The lowest BCUT2D eigenvalue weighted by Gasteiger charge is -2.38. The van der Waals surface area contributed by atoms with E-state index in [1.54, 1.807) is 13.3 Å². The van der Waals surface area contributed by atoms with Gasteiger partial charge in [0.25, 0.3) is 0 Å². The van der Waals surface area contributed by atoms with Crippen LogP contribution in [0.3, 0.4) is 0 Å². The van der Waals surface area contributed by atoms with Gasteiger partial charge in [0.05, 0.1) is 36.4 Å². The number of anilines is 1. The van der Waals surface area contributed by atoms with E-state index in [4.69, 9.17) is 9.47 Å². The van der Waals surface area contributed by atoms with Gasteiger partial charge >= 0.3 is 5.97 Å². The smallest absolute Gasteiger partial charge is 0.309 e. The Bertz CT molecular complexity index is 1060. The summed E-state index contributed by atoms with van der Waals surface area (Å²) in [6.07, 6.45) is 4.42. The molecule has 1 aromatic heterocycles. The first-order valence-electron chi connectivity index (χ1n) is 11.6. The number of carbonyl (C=O) groups excluding carboxylic acids is 2. The summed E-state index contributed by atoms with van der Waals surface area (Å²) in [7, 11) is 1.62. The van der Waals surface area contributed by atoms with Gasteiger partial charge in [-0.15, -0.1) is 0 Å². The van der Waals surface area contributed by atoms with Crippen LogP contribution in [-0.2, 0) is 14.3 Å². The summed E-state index contributed by atoms with van der Waals surface area (Å²) in [5.74, 6) is 0.619. The lowest BCUT2D eigenvalue weighted by molar-refractivity contribution is -0.151. The molecule has 2 aliphatic rings. The highest BCUT2D eigenvalue weighted by Crippen LogP contribution is 2.35. The highest BCUT2D eigenvalue weighted by Gasteiger charge is 2.33. The van der Waals surface area contributed by atoms with Crippen molar-refractivity contribution in [1.29, 1.82) is 5.26 Å². The number of nitrogens with zero attached hydrogens (tertiary/aromatic N) is 4. The van der Waals surface area contributed by atoms with E-state index >= 15 is 0 Å². The zero-order valence-corrected chi connectivity index (χ0v) is 19.2. The summed E-state index contributed by atoms with van der Waals surface area (Å²) in [5.41, 5.74) is 2.21. The van der Waals surface area contributed by atoms with Gasteiger partial charge in [-0.05, 0) is 50.8 Å². The molecule has 0 radical (unpaired) electrons. The average molecular weight is 451 g/mol. The Hall–Kier alpha value is -3.34. The Kier molecular flexibility index (Phi) is 6.97. The number of esters is 1. The first-order valence-corrected chi connectivity index (χ1v) is 11.6. The van der Waals surface area contributed by atoms with Gasteiger partial charge in [0.2, 0.25) is 5.91 Å². The van der Waals surface area contributed by atoms with E-state index in [1.165, 1.54) is 0 Å². The number of methoxy groups -OCH3 is 1. The van der Waals surface area contributed by atoms with Crippen LogP contribution in [0.25, 0.3) is 10.9 Å². The number of benzene rings is 1. The second-order valence-electron chi connectivity index (χ2n) is 8.63. The number of rotatable bonds is 5. The number of carbonyl (C=O) groups is 2. The third-order valence-electron chi connectivity index (χ3n) is 6.75. The highest BCUT2D eigenvalue weighted by molar-refractivity contribution is 5.95. The largest absolute Gasteiger partial charge is 0.497 e. The van der Waals surface area contributed by atoms with Gasteiger partial charge in [-0.1, -0.05) is 0 Å². The summed E-state index contributed by atoms with van der Waals surface area (Å²) in [4.78, 5) is 33.6. The molecular weight excluding hydrogens is 420 g/mol. The monoisotopic (exact) mass is 450 g/mol. The van der Waals surface area contributed by atoms with E-state index in [1.807, 2.05) is 30.0 Å². The molecule has 0 saturated carbocycles. The number of ether oxygens (including phenoxy) is 2. The Labute approximate surface area is 194 Å². The molecule has 8 heteroatoms. The molecule has 2 saturated heterocycles. The highest BCUT2D eigenvalue weighted by atomic mass is 16.5. The Morgan fingerprint density at radius 3 is 2.45 bits per heavy atom.